The van der Waals surface area contributed by atoms with Gasteiger partial charge in [-0.25, -0.2) is 4.79 Å². The van der Waals surface area contributed by atoms with Crippen LogP contribution in [0.5, 0.6) is 0 Å². The number of nitrogens with zero attached hydrogens (tertiary/aromatic N) is 1. The molecule has 7 bridgehead atoms. The number of esters is 2. The minimum absolute atomic E-state index is 0.0847. The van der Waals surface area contributed by atoms with Crippen LogP contribution in [0.4, 0.5) is 0 Å². The zero-order chi connectivity index (χ0) is 43.6. The minimum atomic E-state index is -1.84. The highest BCUT2D eigenvalue weighted by atomic mass is 16.6. The number of aliphatic hydroxyl groups is 3. The van der Waals surface area contributed by atoms with Crippen molar-refractivity contribution in [2.45, 2.75) is 176 Å². The van der Waals surface area contributed by atoms with Gasteiger partial charge in [0.15, 0.2) is 5.60 Å². The number of methoxy groups -OCH3 is 4. The van der Waals surface area contributed by atoms with E-state index >= 15 is 0 Å². The van der Waals surface area contributed by atoms with Crippen molar-refractivity contribution in [2.75, 3.05) is 48.6 Å². The number of aliphatic hydroxyl groups excluding tert-OH is 2. The molecule has 5 aliphatic carbocycles. The number of carbonyl (C=O) groups excluding carboxylic acids is 2. The molecule has 1 aromatic rings. The summed E-state index contributed by atoms with van der Waals surface area (Å²) in [5.41, 5.74) is -4.83. The smallest absolute Gasteiger partial charge is 0.338 e. The van der Waals surface area contributed by atoms with Gasteiger partial charge in [0.25, 0.3) is 0 Å². The second-order valence-corrected chi connectivity index (χ2v) is 19.9. The van der Waals surface area contributed by atoms with Crippen LogP contribution in [-0.2, 0) is 33.2 Å². The average molecular weight is 856 g/mol. The van der Waals surface area contributed by atoms with E-state index in [-0.39, 0.29) is 31.4 Å². The number of rotatable bonds is 24. The van der Waals surface area contributed by atoms with Crippen LogP contribution in [0.2, 0.25) is 0 Å². The van der Waals surface area contributed by atoms with Gasteiger partial charge in [-0.3, -0.25) is 4.79 Å². The first-order valence-electron chi connectivity index (χ1n) is 23.8. The van der Waals surface area contributed by atoms with E-state index in [0.717, 1.165) is 19.3 Å². The zero-order valence-corrected chi connectivity index (χ0v) is 37.9. The highest BCUT2D eigenvalue weighted by Gasteiger charge is 2.92. The van der Waals surface area contributed by atoms with Gasteiger partial charge in [0.1, 0.15) is 23.9 Å². The first-order chi connectivity index (χ1) is 29.5. The number of hydrogen-bond donors (Lipinski definition) is 3. The molecule has 6 aliphatic rings. The molecule has 61 heavy (non-hydrogen) atoms. The van der Waals surface area contributed by atoms with Gasteiger partial charge in [-0.1, -0.05) is 115 Å². The van der Waals surface area contributed by atoms with Crippen molar-refractivity contribution in [3.05, 3.63) is 35.9 Å². The molecule has 12 nitrogen and oxygen atoms in total. The van der Waals surface area contributed by atoms with E-state index in [1.807, 2.05) is 13.1 Å². The molecule has 15 atom stereocenters. The van der Waals surface area contributed by atoms with Gasteiger partial charge in [-0.15, -0.1) is 0 Å². The van der Waals surface area contributed by atoms with Crippen LogP contribution in [0.3, 0.4) is 0 Å². The van der Waals surface area contributed by atoms with Crippen LogP contribution in [0.1, 0.15) is 133 Å². The van der Waals surface area contributed by atoms with Gasteiger partial charge < -0.3 is 48.6 Å². The molecular weight excluding hydrogens is 779 g/mol. The Labute approximate surface area is 364 Å². The Morgan fingerprint density at radius 3 is 1.95 bits per heavy atom. The standard InChI is InChI=1S/C49H77NO11/c1-7-8-9-10-11-12-13-14-15-16-17-18-19-20-24-27-36(52)61-49-37-33(29-47(55,44(59-6)42(49)53)43(37)60-45(54)32-25-22-21-23-26-32)48-35(57-4)28-34(51)46(31-56-3)30-50(2)41(48)38(49)39(58-5)40(46)48/h21-23,25-26,33-35,37-44,51,53,55H,7-20,24,27-31H2,1-6H3/t33?,34-,35+,37?,38?,39+,40?,41?,42?,43-,44+,46-,47-,48+,49-/m1/s1. The van der Waals surface area contributed by atoms with Crippen molar-refractivity contribution in [3.8, 4) is 0 Å². The Morgan fingerprint density at radius 1 is 0.787 bits per heavy atom. The van der Waals surface area contributed by atoms with Crippen LogP contribution < -0.4 is 0 Å². The number of piperidine rings is 1. The molecule has 6 unspecified atom stereocenters. The van der Waals surface area contributed by atoms with Crippen molar-refractivity contribution in [3.63, 3.8) is 0 Å². The fourth-order valence-corrected chi connectivity index (χ4v) is 14.8. The summed E-state index contributed by atoms with van der Waals surface area (Å²) in [6, 6.07) is 8.29. The summed E-state index contributed by atoms with van der Waals surface area (Å²) in [5, 5.41) is 38.2. The quantitative estimate of drug-likeness (QED) is 0.0769. The Kier molecular flexibility index (Phi) is 15.0. The number of ether oxygens (including phenoxy) is 6. The average Bonchev–Trinajstić information content (AvgIpc) is 3.64. The molecule has 7 rings (SSSR count). The fourth-order valence-electron chi connectivity index (χ4n) is 14.8. The third kappa shape index (κ3) is 7.62. The summed E-state index contributed by atoms with van der Waals surface area (Å²) in [4.78, 5) is 30.8. The summed E-state index contributed by atoms with van der Waals surface area (Å²) in [7, 11) is 8.40. The largest absolute Gasteiger partial charge is 0.455 e. The molecule has 5 saturated carbocycles. The second kappa shape index (κ2) is 19.5. The molecule has 0 radical (unpaired) electrons. The van der Waals surface area contributed by atoms with Crippen LogP contribution >= 0.6 is 0 Å². The van der Waals surface area contributed by atoms with E-state index < -0.39 is 88.3 Å². The number of carbonyl (C=O) groups is 2. The SMILES string of the molecule is CCCCCCCCCCCCCCCCCC(=O)O[C@@]12C3C4N(C)C[C@]5(COC)C([C@H]3OC)[C@]4(C3C[C@@](O)([C@H](OC(=O)c4ccccc4)C31)[C@@H](OC)C2O)[C@@H](OC)C[C@H]5O. The summed E-state index contributed by atoms with van der Waals surface area (Å²) in [5.74, 6) is -3.48. The molecule has 12 heteroatoms. The fraction of sp³-hybridized carbons (Fsp3) is 0.837. The Bertz CT molecular complexity index is 1620. The van der Waals surface area contributed by atoms with E-state index in [2.05, 4.69) is 11.8 Å². The molecule has 1 aliphatic heterocycles. The topological polar surface area (TPSA) is 153 Å². The van der Waals surface area contributed by atoms with Crippen LogP contribution in [0.25, 0.3) is 0 Å². The number of fused-ring (bicyclic) bond motifs is 2. The summed E-state index contributed by atoms with van der Waals surface area (Å²) >= 11 is 0. The zero-order valence-electron chi connectivity index (χ0n) is 37.9. The maximum absolute atomic E-state index is 14.5. The molecule has 6 fully saturated rings. The Hall–Kier alpha value is -2.16. The minimum Gasteiger partial charge on any atom is -0.455 e. The van der Waals surface area contributed by atoms with Gasteiger partial charge in [0.2, 0.25) is 0 Å². The second-order valence-electron chi connectivity index (χ2n) is 19.9. The predicted molar refractivity (Wildman–Crippen MR) is 230 cm³/mol. The van der Waals surface area contributed by atoms with E-state index in [9.17, 15) is 24.9 Å². The van der Waals surface area contributed by atoms with Crippen LogP contribution in [0, 0.1) is 34.5 Å². The highest BCUT2D eigenvalue weighted by molar-refractivity contribution is 5.89. The predicted octanol–water partition coefficient (Wildman–Crippen LogP) is 6.50. The molecule has 0 amide bonds. The molecule has 1 saturated heterocycles. The first kappa shape index (κ1) is 46.8. The number of hydrogen-bond acceptors (Lipinski definition) is 12. The molecule has 1 spiro atoms. The van der Waals surface area contributed by atoms with Crippen molar-refractivity contribution < 1.29 is 53.3 Å². The lowest BCUT2D eigenvalue weighted by molar-refractivity contribution is -0.321. The lowest BCUT2D eigenvalue weighted by Gasteiger charge is -2.70. The maximum Gasteiger partial charge on any atom is 0.338 e. The van der Waals surface area contributed by atoms with Gasteiger partial charge >= 0.3 is 11.9 Å². The lowest BCUT2D eigenvalue weighted by atomic mass is 9.42. The Balaban J connectivity index is 1.16. The summed E-state index contributed by atoms with van der Waals surface area (Å²) in [6.45, 7) is 2.98. The monoisotopic (exact) mass is 856 g/mol. The highest BCUT2D eigenvalue weighted by Crippen LogP contribution is 2.80. The number of benzene rings is 1. The van der Waals surface area contributed by atoms with E-state index in [1.54, 1.807) is 45.6 Å². The van der Waals surface area contributed by atoms with E-state index in [0.29, 0.717) is 24.9 Å². The van der Waals surface area contributed by atoms with Crippen LogP contribution in [0.15, 0.2) is 30.3 Å². The first-order valence-corrected chi connectivity index (χ1v) is 23.8. The normalized spacial score (nSPS) is 40.6. The number of unbranched alkanes of at least 4 members (excludes halogenated alkanes) is 14. The molecule has 0 aromatic heterocycles. The van der Waals surface area contributed by atoms with Crippen molar-refractivity contribution in [2.24, 2.45) is 34.5 Å². The third-order valence-corrected chi connectivity index (χ3v) is 16.8. The molecule has 1 aromatic carbocycles. The summed E-state index contributed by atoms with van der Waals surface area (Å²) < 4.78 is 38.5. The Morgan fingerprint density at radius 2 is 1.39 bits per heavy atom. The van der Waals surface area contributed by atoms with Crippen molar-refractivity contribution >= 4 is 11.9 Å². The van der Waals surface area contributed by atoms with Gasteiger partial charge in [-0.2, -0.15) is 0 Å². The van der Waals surface area contributed by atoms with Crippen molar-refractivity contribution in [1.29, 1.82) is 0 Å². The van der Waals surface area contributed by atoms with Gasteiger partial charge in [0, 0.05) is 82.5 Å². The van der Waals surface area contributed by atoms with Gasteiger partial charge in [0.05, 0.1) is 30.5 Å². The van der Waals surface area contributed by atoms with Gasteiger partial charge in [-0.05, 0) is 37.9 Å². The maximum atomic E-state index is 14.5. The van der Waals surface area contributed by atoms with Crippen molar-refractivity contribution in [1.82, 2.24) is 4.90 Å². The lowest BCUT2D eigenvalue weighted by Crippen LogP contribution is -2.81. The molecule has 1 heterocycles. The van der Waals surface area contributed by atoms with Crippen LogP contribution in [-0.4, -0.2) is 135 Å². The molecule has 3 N–H and O–H groups in total. The molecular formula is C49H77NO11. The number of likely N-dealkylation sites (tertiary alicyclic amines) is 1. The van der Waals surface area contributed by atoms with E-state index in [1.165, 1.54) is 77.7 Å². The molecule has 344 valence electrons. The summed E-state index contributed by atoms with van der Waals surface area (Å²) in [6.07, 6.45) is 12.8. The third-order valence-electron chi connectivity index (χ3n) is 16.8. The van der Waals surface area contributed by atoms with E-state index in [4.69, 9.17) is 28.4 Å².